The van der Waals surface area contributed by atoms with Crippen molar-refractivity contribution < 1.29 is 9.21 Å². The summed E-state index contributed by atoms with van der Waals surface area (Å²) in [6.45, 7) is 3.63. The number of Topliss-reactive ketones (excluding diaryl/α,β-unsaturated/α-hetero) is 1. The minimum atomic E-state index is -0.669. The highest BCUT2D eigenvalue weighted by molar-refractivity contribution is 6.29. The van der Waals surface area contributed by atoms with Gasteiger partial charge in [0.05, 0.1) is 6.07 Å². The zero-order valence-corrected chi connectivity index (χ0v) is 8.71. The number of nitriles is 1. The maximum absolute atomic E-state index is 11.7. The van der Waals surface area contributed by atoms with Gasteiger partial charge in [-0.25, -0.2) is 0 Å². The third kappa shape index (κ3) is 2.15. The molecule has 74 valence electrons. The lowest BCUT2D eigenvalue weighted by molar-refractivity contribution is 0.0896. The van der Waals surface area contributed by atoms with E-state index in [0.29, 0.717) is 0 Å². The van der Waals surface area contributed by atoms with Gasteiger partial charge < -0.3 is 4.42 Å². The quantitative estimate of drug-likeness (QED) is 0.723. The highest BCUT2D eigenvalue weighted by atomic mass is 35.5. The molecule has 1 rings (SSSR count). The summed E-state index contributed by atoms with van der Waals surface area (Å²) >= 11 is 5.53. The molecule has 1 heterocycles. The van der Waals surface area contributed by atoms with Gasteiger partial charge in [0, 0.05) is 0 Å². The van der Waals surface area contributed by atoms with Crippen LogP contribution in [0, 0.1) is 23.2 Å². The van der Waals surface area contributed by atoms with Gasteiger partial charge in [-0.15, -0.1) is 0 Å². The maximum atomic E-state index is 11.7. The van der Waals surface area contributed by atoms with Crippen molar-refractivity contribution in [3.05, 3.63) is 23.1 Å². The first-order valence-electron chi connectivity index (χ1n) is 4.25. The van der Waals surface area contributed by atoms with Gasteiger partial charge in [-0.05, 0) is 29.7 Å². The number of halogens is 1. The molecule has 0 saturated heterocycles. The Morgan fingerprint density at radius 1 is 1.57 bits per heavy atom. The summed E-state index contributed by atoms with van der Waals surface area (Å²) in [5, 5.41) is 8.95. The molecule has 0 radical (unpaired) electrons. The number of carbonyl (C=O) groups excluding carboxylic acids is 1. The molecule has 0 aliphatic heterocycles. The topological polar surface area (TPSA) is 54.0 Å². The van der Waals surface area contributed by atoms with Gasteiger partial charge in [0.25, 0.3) is 0 Å². The Kier molecular flexibility index (Phi) is 3.32. The number of ketones is 1. The normalized spacial score (nSPS) is 12.5. The summed E-state index contributed by atoms with van der Waals surface area (Å²) in [5.74, 6) is -0.863. The molecule has 3 nitrogen and oxygen atoms in total. The first-order valence-corrected chi connectivity index (χ1v) is 4.63. The standard InChI is InChI=1S/C10H10ClNO2/c1-6(2)7(5-12)10(13)8-3-4-9(11)14-8/h3-4,6-7H,1-2H3. The molecule has 14 heavy (non-hydrogen) atoms. The average molecular weight is 212 g/mol. The lowest BCUT2D eigenvalue weighted by Gasteiger charge is -2.08. The zero-order valence-electron chi connectivity index (χ0n) is 7.95. The summed E-state index contributed by atoms with van der Waals surface area (Å²) in [5.41, 5.74) is 0. The van der Waals surface area contributed by atoms with Crippen LogP contribution in [0.5, 0.6) is 0 Å². The highest BCUT2D eigenvalue weighted by Crippen LogP contribution is 2.20. The van der Waals surface area contributed by atoms with Gasteiger partial charge in [-0.3, -0.25) is 4.79 Å². The summed E-state index contributed by atoms with van der Waals surface area (Å²) in [7, 11) is 0. The minimum Gasteiger partial charge on any atom is -0.442 e. The first kappa shape index (κ1) is 10.8. The van der Waals surface area contributed by atoms with Crippen LogP contribution in [0.25, 0.3) is 0 Å². The molecule has 0 fully saturated rings. The number of furan rings is 1. The molecule has 0 N–H and O–H groups in total. The SMILES string of the molecule is CC(C)C(C#N)C(=O)c1ccc(Cl)o1. The summed E-state index contributed by atoms with van der Waals surface area (Å²) in [4.78, 5) is 11.7. The van der Waals surface area contributed by atoms with Gasteiger partial charge in [0.15, 0.2) is 11.0 Å². The fourth-order valence-electron chi connectivity index (χ4n) is 1.11. The fraction of sp³-hybridized carbons (Fsp3) is 0.400. The van der Waals surface area contributed by atoms with Crippen LogP contribution < -0.4 is 0 Å². The molecular weight excluding hydrogens is 202 g/mol. The van der Waals surface area contributed by atoms with E-state index in [1.165, 1.54) is 12.1 Å². The third-order valence-electron chi connectivity index (χ3n) is 1.90. The van der Waals surface area contributed by atoms with E-state index >= 15 is 0 Å². The maximum Gasteiger partial charge on any atom is 0.215 e. The molecule has 0 aliphatic rings. The molecule has 0 amide bonds. The Morgan fingerprint density at radius 3 is 2.57 bits per heavy atom. The van der Waals surface area contributed by atoms with Crippen molar-refractivity contribution >= 4 is 17.4 Å². The number of hydrogen-bond acceptors (Lipinski definition) is 3. The average Bonchev–Trinajstić information content (AvgIpc) is 2.52. The van der Waals surface area contributed by atoms with E-state index in [-0.39, 0.29) is 22.7 Å². The van der Waals surface area contributed by atoms with E-state index in [4.69, 9.17) is 21.3 Å². The largest absolute Gasteiger partial charge is 0.442 e. The predicted molar refractivity (Wildman–Crippen MR) is 52.0 cm³/mol. The van der Waals surface area contributed by atoms with Crippen LogP contribution in [-0.4, -0.2) is 5.78 Å². The van der Waals surface area contributed by atoms with Crippen LogP contribution in [-0.2, 0) is 0 Å². The van der Waals surface area contributed by atoms with Gasteiger partial charge >= 0.3 is 0 Å². The van der Waals surface area contributed by atoms with Gasteiger partial charge in [-0.2, -0.15) is 5.26 Å². The van der Waals surface area contributed by atoms with Crippen LogP contribution in [0.1, 0.15) is 24.4 Å². The fourth-order valence-corrected chi connectivity index (χ4v) is 1.26. The van der Waals surface area contributed by atoms with E-state index in [2.05, 4.69) is 0 Å². The second-order valence-electron chi connectivity index (χ2n) is 3.32. The van der Waals surface area contributed by atoms with Crippen LogP contribution in [0.3, 0.4) is 0 Å². The predicted octanol–water partition coefficient (Wildman–Crippen LogP) is 2.91. The van der Waals surface area contributed by atoms with Crippen molar-refractivity contribution in [3.8, 4) is 6.07 Å². The first-order chi connectivity index (χ1) is 6.56. The lowest BCUT2D eigenvalue weighted by atomic mass is 9.92. The van der Waals surface area contributed by atoms with E-state index < -0.39 is 5.92 Å². The monoisotopic (exact) mass is 211 g/mol. The van der Waals surface area contributed by atoms with Crippen molar-refractivity contribution in [3.63, 3.8) is 0 Å². The van der Waals surface area contributed by atoms with Crippen molar-refractivity contribution in [1.29, 1.82) is 5.26 Å². The second kappa shape index (κ2) is 4.30. The molecule has 4 heteroatoms. The highest BCUT2D eigenvalue weighted by Gasteiger charge is 2.25. The molecule has 0 saturated carbocycles. The van der Waals surface area contributed by atoms with E-state index in [1.54, 1.807) is 0 Å². The van der Waals surface area contributed by atoms with E-state index in [0.717, 1.165) is 0 Å². The number of hydrogen-bond donors (Lipinski definition) is 0. The molecule has 1 atom stereocenters. The van der Waals surface area contributed by atoms with Crippen molar-refractivity contribution in [1.82, 2.24) is 0 Å². The lowest BCUT2D eigenvalue weighted by Crippen LogP contribution is -2.18. The summed E-state index contributed by atoms with van der Waals surface area (Å²) < 4.78 is 4.94. The Hall–Kier alpha value is -1.27. The molecule has 0 bridgehead atoms. The van der Waals surface area contributed by atoms with Crippen LogP contribution in [0.15, 0.2) is 16.5 Å². The van der Waals surface area contributed by atoms with Crippen molar-refractivity contribution in [2.45, 2.75) is 13.8 Å². The molecule has 1 aromatic heterocycles. The Labute approximate surface area is 87.3 Å². The molecule has 1 unspecified atom stereocenters. The number of nitrogens with zero attached hydrogens (tertiary/aromatic N) is 1. The molecule has 1 aromatic rings. The third-order valence-corrected chi connectivity index (χ3v) is 2.11. The van der Waals surface area contributed by atoms with Crippen LogP contribution in [0.4, 0.5) is 0 Å². The van der Waals surface area contributed by atoms with Gasteiger partial charge in [0.2, 0.25) is 5.78 Å². The second-order valence-corrected chi connectivity index (χ2v) is 3.69. The molecular formula is C10H10ClNO2. The smallest absolute Gasteiger partial charge is 0.215 e. The van der Waals surface area contributed by atoms with Crippen LogP contribution in [0.2, 0.25) is 5.22 Å². The van der Waals surface area contributed by atoms with E-state index in [1.807, 2.05) is 19.9 Å². The Bertz CT molecular complexity index is 376. The molecule has 0 spiro atoms. The summed E-state index contributed by atoms with van der Waals surface area (Å²) in [6.07, 6.45) is 0. The molecule has 0 aromatic carbocycles. The summed E-state index contributed by atoms with van der Waals surface area (Å²) in [6, 6.07) is 4.93. The van der Waals surface area contributed by atoms with Crippen molar-refractivity contribution in [2.24, 2.45) is 11.8 Å². The van der Waals surface area contributed by atoms with E-state index in [9.17, 15) is 4.79 Å². The van der Waals surface area contributed by atoms with Crippen LogP contribution >= 0.6 is 11.6 Å². The Balaban J connectivity index is 2.90. The minimum absolute atomic E-state index is 0.0311. The van der Waals surface area contributed by atoms with Crippen molar-refractivity contribution in [2.75, 3.05) is 0 Å². The number of carbonyl (C=O) groups is 1. The zero-order chi connectivity index (χ0) is 10.7. The number of rotatable bonds is 3. The molecule has 0 aliphatic carbocycles. The van der Waals surface area contributed by atoms with Gasteiger partial charge in [0.1, 0.15) is 5.92 Å². The van der Waals surface area contributed by atoms with Gasteiger partial charge in [-0.1, -0.05) is 13.8 Å². The Morgan fingerprint density at radius 2 is 2.21 bits per heavy atom.